The van der Waals surface area contributed by atoms with E-state index >= 15 is 0 Å². The molecule has 1 aliphatic heterocycles. The summed E-state index contributed by atoms with van der Waals surface area (Å²) in [5.74, 6) is 2.80. The average molecular weight is 379 g/mol. The molecule has 2 N–H and O–H groups in total. The molecule has 3 aliphatic rings. The van der Waals surface area contributed by atoms with Gasteiger partial charge in [-0.05, 0) is 72.8 Å². The lowest BCUT2D eigenvalue weighted by Crippen LogP contribution is -2.35. The van der Waals surface area contributed by atoms with Gasteiger partial charge in [0.1, 0.15) is 0 Å². The number of aromatic carboxylic acids is 1. The van der Waals surface area contributed by atoms with Gasteiger partial charge < -0.3 is 19.9 Å². The third-order valence-electron chi connectivity index (χ3n) is 7.10. The van der Waals surface area contributed by atoms with Crippen LogP contribution in [0.15, 0.2) is 36.4 Å². The third kappa shape index (κ3) is 2.42. The number of carbonyl (C=O) groups is 1. The molecule has 0 aromatic heterocycles. The average Bonchev–Trinajstić information content (AvgIpc) is 3.34. The minimum atomic E-state index is -0.862. The van der Waals surface area contributed by atoms with Crippen LogP contribution in [0.3, 0.4) is 0 Å². The second-order valence-corrected chi connectivity index (χ2v) is 8.25. The number of rotatable bonds is 4. The Balaban J connectivity index is 1.65. The van der Waals surface area contributed by atoms with E-state index in [1.165, 1.54) is 24.8 Å². The molecule has 0 spiro atoms. The Morgan fingerprint density at radius 3 is 2.64 bits per heavy atom. The highest BCUT2D eigenvalue weighted by Gasteiger charge is 2.54. The minimum Gasteiger partial charge on any atom is -0.493 e. The SMILES string of the molecule is COc1cccc([C@H]2Nc3ccc(C(=O)O)cc3[C@H]3[C@@H]4CC[C@@H](C4)[C@@H]32)c1OC. The summed E-state index contributed by atoms with van der Waals surface area (Å²) in [6, 6.07) is 11.7. The lowest BCUT2D eigenvalue weighted by atomic mass is 9.67. The lowest BCUT2D eigenvalue weighted by Gasteiger charge is -2.44. The molecule has 2 saturated carbocycles. The molecule has 1 heterocycles. The molecule has 2 bridgehead atoms. The van der Waals surface area contributed by atoms with Crippen molar-refractivity contribution < 1.29 is 19.4 Å². The first-order valence-corrected chi connectivity index (χ1v) is 9.97. The van der Waals surface area contributed by atoms with Crippen molar-refractivity contribution in [2.24, 2.45) is 17.8 Å². The van der Waals surface area contributed by atoms with Crippen LogP contribution in [0.1, 0.15) is 52.7 Å². The number of nitrogens with one attached hydrogen (secondary N) is 1. The van der Waals surface area contributed by atoms with E-state index in [4.69, 9.17) is 9.47 Å². The van der Waals surface area contributed by atoms with Crippen molar-refractivity contribution in [2.75, 3.05) is 19.5 Å². The molecule has 0 radical (unpaired) electrons. The Kier molecular flexibility index (Phi) is 4.00. The highest BCUT2D eigenvalue weighted by molar-refractivity contribution is 5.89. The molecular formula is C23H25NO4. The first kappa shape index (κ1) is 17.4. The molecule has 0 unspecified atom stereocenters. The van der Waals surface area contributed by atoms with Gasteiger partial charge in [0.05, 0.1) is 25.8 Å². The Morgan fingerprint density at radius 1 is 1.07 bits per heavy atom. The van der Waals surface area contributed by atoms with E-state index in [9.17, 15) is 9.90 Å². The van der Waals surface area contributed by atoms with Crippen molar-refractivity contribution in [3.8, 4) is 11.5 Å². The zero-order valence-electron chi connectivity index (χ0n) is 16.1. The summed E-state index contributed by atoms with van der Waals surface area (Å²) < 4.78 is 11.3. The van der Waals surface area contributed by atoms with Gasteiger partial charge in [-0.2, -0.15) is 0 Å². The number of anilines is 1. The molecule has 2 aromatic carbocycles. The van der Waals surface area contributed by atoms with Crippen LogP contribution >= 0.6 is 0 Å². The second kappa shape index (κ2) is 6.43. The largest absolute Gasteiger partial charge is 0.493 e. The Morgan fingerprint density at radius 2 is 1.89 bits per heavy atom. The monoisotopic (exact) mass is 379 g/mol. The maximum atomic E-state index is 11.5. The van der Waals surface area contributed by atoms with Crippen molar-refractivity contribution in [1.29, 1.82) is 0 Å². The van der Waals surface area contributed by atoms with Crippen LogP contribution in [-0.4, -0.2) is 25.3 Å². The molecule has 2 fully saturated rings. The van der Waals surface area contributed by atoms with Crippen molar-refractivity contribution in [2.45, 2.75) is 31.2 Å². The number of hydrogen-bond donors (Lipinski definition) is 2. The summed E-state index contributed by atoms with van der Waals surface area (Å²) in [4.78, 5) is 11.5. The summed E-state index contributed by atoms with van der Waals surface area (Å²) >= 11 is 0. The topological polar surface area (TPSA) is 67.8 Å². The highest BCUT2D eigenvalue weighted by atomic mass is 16.5. The first-order valence-electron chi connectivity index (χ1n) is 9.97. The van der Waals surface area contributed by atoms with Gasteiger partial charge in [0.2, 0.25) is 0 Å². The fraction of sp³-hybridized carbons (Fsp3) is 0.435. The van der Waals surface area contributed by atoms with Gasteiger partial charge in [0.15, 0.2) is 11.5 Å². The van der Waals surface area contributed by atoms with Gasteiger partial charge in [-0.1, -0.05) is 12.1 Å². The van der Waals surface area contributed by atoms with E-state index in [-0.39, 0.29) is 6.04 Å². The number of benzene rings is 2. The summed E-state index contributed by atoms with van der Waals surface area (Å²) in [7, 11) is 3.36. The normalized spacial score (nSPS) is 29.6. The summed E-state index contributed by atoms with van der Waals surface area (Å²) in [5, 5.41) is 13.2. The molecule has 2 aliphatic carbocycles. The first-order chi connectivity index (χ1) is 13.6. The molecular weight excluding hydrogens is 354 g/mol. The molecule has 5 nitrogen and oxygen atoms in total. The Labute approximate surface area is 164 Å². The van der Waals surface area contributed by atoms with Crippen LogP contribution in [0, 0.1) is 17.8 Å². The molecule has 2 aromatic rings. The van der Waals surface area contributed by atoms with E-state index in [0.29, 0.717) is 29.2 Å². The van der Waals surface area contributed by atoms with Crippen LogP contribution in [0.25, 0.3) is 0 Å². The van der Waals surface area contributed by atoms with Crippen LogP contribution in [-0.2, 0) is 0 Å². The van der Waals surface area contributed by atoms with E-state index in [1.54, 1.807) is 20.3 Å². The van der Waals surface area contributed by atoms with Crippen LogP contribution in [0.5, 0.6) is 11.5 Å². The van der Waals surface area contributed by atoms with Crippen molar-refractivity contribution in [3.63, 3.8) is 0 Å². The Bertz CT molecular complexity index is 940. The van der Waals surface area contributed by atoms with Gasteiger partial charge >= 0.3 is 5.97 Å². The number of fused-ring (bicyclic) bond motifs is 7. The van der Waals surface area contributed by atoms with Gasteiger partial charge in [0.25, 0.3) is 0 Å². The molecule has 5 heteroatoms. The molecule has 146 valence electrons. The maximum absolute atomic E-state index is 11.5. The van der Waals surface area contributed by atoms with Crippen LogP contribution < -0.4 is 14.8 Å². The Hall–Kier alpha value is -2.69. The van der Waals surface area contributed by atoms with Gasteiger partial charge in [0, 0.05) is 11.3 Å². The molecule has 0 amide bonds. The zero-order chi connectivity index (χ0) is 19.4. The zero-order valence-corrected chi connectivity index (χ0v) is 16.1. The number of ether oxygens (including phenoxy) is 2. The van der Waals surface area contributed by atoms with E-state index in [2.05, 4.69) is 11.4 Å². The van der Waals surface area contributed by atoms with Crippen molar-refractivity contribution in [1.82, 2.24) is 0 Å². The van der Waals surface area contributed by atoms with Gasteiger partial charge in [-0.15, -0.1) is 0 Å². The summed E-state index contributed by atoms with van der Waals surface area (Å²) in [5.41, 5.74) is 3.72. The summed E-state index contributed by atoms with van der Waals surface area (Å²) in [6.07, 6.45) is 3.73. The standard InChI is InChI=1S/C23H25NO4/c1-27-18-5-3-4-15(22(18)28-2)21-20-13-7-6-12(10-13)19(20)16-11-14(23(25)26)8-9-17(16)24-21/h3-5,8-9,11-13,19-21,24H,6-7,10H2,1-2H3,(H,25,26)/t12-,13+,19-,20+,21-/m1/s1. The van der Waals surface area contributed by atoms with Gasteiger partial charge in [-0.25, -0.2) is 4.79 Å². The molecule has 5 atom stereocenters. The van der Waals surface area contributed by atoms with Crippen LogP contribution in [0.4, 0.5) is 5.69 Å². The van der Waals surface area contributed by atoms with Crippen molar-refractivity contribution in [3.05, 3.63) is 53.1 Å². The van der Waals surface area contributed by atoms with Gasteiger partial charge in [-0.3, -0.25) is 0 Å². The highest BCUT2D eigenvalue weighted by Crippen LogP contribution is 2.64. The van der Waals surface area contributed by atoms with Crippen LogP contribution in [0.2, 0.25) is 0 Å². The van der Waals surface area contributed by atoms with Crippen molar-refractivity contribution >= 4 is 11.7 Å². The number of hydrogen-bond acceptors (Lipinski definition) is 4. The smallest absolute Gasteiger partial charge is 0.335 e. The third-order valence-corrected chi connectivity index (χ3v) is 7.10. The van der Waals surface area contributed by atoms with E-state index in [1.807, 2.05) is 24.3 Å². The number of carboxylic acids is 1. The number of para-hydroxylation sites is 1. The second-order valence-electron chi connectivity index (χ2n) is 8.25. The number of carboxylic acid groups (broad SMARTS) is 1. The predicted molar refractivity (Wildman–Crippen MR) is 106 cm³/mol. The lowest BCUT2D eigenvalue weighted by molar-refractivity contribution is 0.0696. The molecule has 5 rings (SSSR count). The summed E-state index contributed by atoms with van der Waals surface area (Å²) in [6.45, 7) is 0. The quantitative estimate of drug-likeness (QED) is 0.806. The van der Waals surface area contributed by atoms with E-state index < -0.39 is 5.97 Å². The molecule has 28 heavy (non-hydrogen) atoms. The minimum absolute atomic E-state index is 0.133. The maximum Gasteiger partial charge on any atom is 0.335 e. The number of methoxy groups -OCH3 is 2. The fourth-order valence-electron chi connectivity index (χ4n) is 6.09. The predicted octanol–water partition coefficient (Wildman–Crippen LogP) is 4.70. The fourth-order valence-corrected chi connectivity index (χ4v) is 6.09. The molecule has 0 saturated heterocycles. The van der Waals surface area contributed by atoms with E-state index in [0.717, 1.165) is 22.7 Å².